The minimum absolute atomic E-state index is 0.0811. The molecule has 0 radical (unpaired) electrons. The number of rotatable bonds is 7. The Kier molecular flexibility index (Phi) is 7.07. The van der Waals surface area contributed by atoms with E-state index in [4.69, 9.17) is 10.5 Å². The summed E-state index contributed by atoms with van der Waals surface area (Å²) in [5.41, 5.74) is 6.54. The molecule has 4 N–H and O–H groups in total. The number of nitrogens with zero attached hydrogens (tertiary/aromatic N) is 3. The molecule has 1 aliphatic carbocycles. The number of anilines is 1. The molecule has 0 saturated heterocycles. The van der Waals surface area contributed by atoms with Crippen LogP contribution in [0.5, 0.6) is 5.75 Å². The van der Waals surface area contributed by atoms with Crippen LogP contribution in [-0.2, 0) is 0 Å². The summed E-state index contributed by atoms with van der Waals surface area (Å²) in [6, 6.07) is 5.75. The highest BCUT2D eigenvalue weighted by molar-refractivity contribution is 5.97. The van der Waals surface area contributed by atoms with E-state index >= 15 is 0 Å². The van der Waals surface area contributed by atoms with Crippen molar-refractivity contribution in [1.82, 2.24) is 15.3 Å². The van der Waals surface area contributed by atoms with Gasteiger partial charge in [0.15, 0.2) is 0 Å². The van der Waals surface area contributed by atoms with Crippen molar-refractivity contribution < 1.29 is 9.53 Å². The molecule has 1 aromatic carbocycles. The quantitative estimate of drug-likeness (QED) is 0.475. The molecule has 3 rings (SSSR count). The fourth-order valence-corrected chi connectivity index (χ4v) is 3.69. The Hall–Kier alpha value is -2.90. The molecule has 0 aliphatic heterocycles. The lowest BCUT2D eigenvalue weighted by Crippen LogP contribution is -2.37. The third-order valence-corrected chi connectivity index (χ3v) is 5.20. The Bertz CT molecular complexity index is 923. The molecular formula is C22H32N6O2. The largest absolute Gasteiger partial charge is 0.497 e. The summed E-state index contributed by atoms with van der Waals surface area (Å²) in [4.78, 5) is 26.3. The summed E-state index contributed by atoms with van der Waals surface area (Å²) in [7, 11) is 1.62. The number of ether oxygens (including phenoxy) is 1. The minimum Gasteiger partial charge on any atom is -0.497 e. The summed E-state index contributed by atoms with van der Waals surface area (Å²) >= 11 is 0. The Morgan fingerprint density at radius 1 is 1.30 bits per heavy atom. The number of carbonyl (C=O) groups excluding carboxylic acids is 1. The van der Waals surface area contributed by atoms with E-state index in [1.54, 1.807) is 7.11 Å². The van der Waals surface area contributed by atoms with Gasteiger partial charge in [0.2, 0.25) is 5.82 Å². The van der Waals surface area contributed by atoms with E-state index in [0.717, 1.165) is 31.1 Å². The van der Waals surface area contributed by atoms with Crippen LogP contribution in [0.1, 0.15) is 57.1 Å². The van der Waals surface area contributed by atoms with Gasteiger partial charge >= 0.3 is 0 Å². The number of amidine groups is 1. The molecule has 2 atom stereocenters. The monoisotopic (exact) mass is 412 g/mol. The van der Waals surface area contributed by atoms with Crippen LogP contribution < -0.4 is 21.1 Å². The van der Waals surface area contributed by atoms with E-state index in [-0.39, 0.29) is 23.8 Å². The highest BCUT2D eigenvalue weighted by Crippen LogP contribution is 2.29. The van der Waals surface area contributed by atoms with Gasteiger partial charge in [-0.1, -0.05) is 26.7 Å². The van der Waals surface area contributed by atoms with E-state index in [1.807, 2.05) is 39.0 Å². The average Bonchev–Trinajstić information content (AvgIpc) is 2.72. The predicted octanol–water partition coefficient (Wildman–Crippen LogP) is 3.12. The number of methoxy groups -OCH3 is 1. The first-order chi connectivity index (χ1) is 14.4. The third-order valence-electron chi connectivity index (χ3n) is 5.20. The lowest BCUT2D eigenvalue weighted by molar-refractivity contribution is 0.0939. The van der Waals surface area contributed by atoms with Gasteiger partial charge in [0.25, 0.3) is 5.91 Å². The maximum Gasteiger partial charge on any atom is 0.289 e. The molecule has 1 heterocycles. The van der Waals surface area contributed by atoms with Crippen LogP contribution in [0.4, 0.5) is 5.82 Å². The lowest BCUT2D eigenvalue weighted by atomic mass is 9.90. The highest BCUT2D eigenvalue weighted by Gasteiger charge is 2.26. The topological polar surface area (TPSA) is 115 Å². The molecule has 0 spiro atoms. The van der Waals surface area contributed by atoms with E-state index < -0.39 is 0 Å². The fraction of sp³-hybridized carbons (Fsp3) is 0.545. The van der Waals surface area contributed by atoms with E-state index in [1.165, 1.54) is 0 Å². The van der Waals surface area contributed by atoms with Crippen LogP contribution >= 0.6 is 0 Å². The number of nitrogens with two attached hydrogens (primary N) is 1. The first-order valence-electron chi connectivity index (χ1n) is 10.6. The van der Waals surface area contributed by atoms with Crippen molar-refractivity contribution in [2.24, 2.45) is 16.6 Å². The van der Waals surface area contributed by atoms with Crippen molar-refractivity contribution in [3.8, 4) is 5.75 Å². The molecule has 2 aromatic rings. The second-order valence-corrected chi connectivity index (χ2v) is 8.26. The number of benzene rings is 1. The van der Waals surface area contributed by atoms with Crippen molar-refractivity contribution in [3.63, 3.8) is 0 Å². The smallest absolute Gasteiger partial charge is 0.289 e. The summed E-state index contributed by atoms with van der Waals surface area (Å²) in [6.45, 7) is 6.47. The lowest BCUT2D eigenvalue weighted by Gasteiger charge is -2.30. The van der Waals surface area contributed by atoms with Crippen LogP contribution in [0, 0.1) is 5.92 Å². The molecule has 1 saturated carbocycles. The van der Waals surface area contributed by atoms with E-state index in [9.17, 15) is 4.79 Å². The number of aliphatic imine (C=N–C) groups is 1. The van der Waals surface area contributed by atoms with Gasteiger partial charge in [0.1, 0.15) is 11.6 Å². The van der Waals surface area contributed by atoms with Crippen molar-refractivity contribution in [1.29, 1.82) is 0 Å². The van der Waals surface area contributed by atoms with Crippen molar-refractivity contribution in [3.05, 3.63) is 24.0 Å². The molecule has 162 valence electrons. The molecule has 0 unspecified atom stereocenters. The zero-order chi connectivity index (χ0) is 21.7. The molecule has 1 aliphatic rings. The molecule has 1 aromatic heterocycles. The van der Waals surface area contributed by atoms with Gasteiger partial charge in [-0.05, 0) is 43.9 Å². The third kappa shape index (κ3) is 5.37. The van der Waals surface area contributed by atoms with Gasteiger partial charge in [0, 0.05) is 18.0 Å². The SMILES string of the molecule is COc1ccc2nc(C(=O)NCC(C)C)nc(N[C@H]3CCCC[C@H]3N=C(C)N)c2c1. The average molecular weight is 413 g/mol. The number of amides is 1. The molecule has 1 amide bonds. The standard InChI is InChI=1S/C22H32N6O2/c1-13(2)12-24-22(29)21-26-17-10-9-15(30-4)11-16(17)20(28-21)27-19-8-6-5-7-18(19)25-14(3)23/h9-11,13,18-19H,5-8,12H2,1-4H3,(H2,23,25)(H,24,29)(H,26,27,28)/t18-,19+/m1/s1. The predicted molar refractivity (Wildman–Crippen MR) is 120 cm³/mol. The number of nitrogens with one attached hydrogen (secondary N) is 2. The van der Waals surface area contributed by atoms with Crippen molar-refractivity contribution in [2.75, 3.05) is 19.0 Å². The second-order valence-electron chi connectivity index (χ2n) is 8.26. The Labute approximate surface area is 177 Å². The molecule has 1 fully saturated rings. The number of hydrogen-bond acceptors (Lipinski definition) is 6. The van der Waals surface area contributed by atoms with Crippen LogP contribution in [-0.4, -0.2) is 47.4 Å². The zero-order valence-electron chi connectivity index (χ0n) is 18.2. The first-order valence-corrected chi connectivity index (χ1v) is 10.6. The van der Waals surface area contributed by atoms with Crippen molar-refractivity contribution in [2.45, 2.75) is 58.5 Å². The number of aromatic nitrogens is 2. The molecule has 30 heavy (non-hydrogen) atoms. The molecule has 0 bridgehead atoms. The number of hydrogen-bond donors (Lipinski definition) is 3. The fourth-order valence-electron chi connectivity index (χ4n) is 3.69. The Morgan fingerprint density at radius 3 is 2.77 bits per heavy atom. The Morgan fingerprint density at radius 2 is 2.07 bits per heavy atom. The highest BCUT2D eigenvalue weighted by atomic mass is 16.5. The maximum absolute atomic E-state index is 12.6. The number of fused-ring (bicyclic) bond motifs is 1. The van der Waals surface area contributed by atoms with Crippen molar-refractivity contribution >= 4 is 28.5 Å². The summed E-state index contributed by atoms with van der Waals surface area (Å²) in [5, 5.41) is 7.25. The molecule has 8 nitrogen and oxygen atoms in total. The van der Waals surface area contributed by atoms with Crippen LogP contribution in [0.25, 0.3) is 10.9 Å². The van der Waals surface area contributed by atoms with Crippen LogP contribution in [0.15, 0.2) is 23.2 Å². The zero-order valence-corrected chi connectivity index (χ0v) is 18.2. The van der Waals surface area contributed by atoms with E-state index in [0.29, 0.717) is 35.4 Å². The molecule has 8 heteroatoms. The first kappa shape index (κ1) is 21.8. The van der Waals surface area contributed by atoms with E-state index in [2.05, 4.69) is 25.6 Å². The van der Waals surface area contributed by atoms with Gasteiger partial charge < -0.3 is 21.1 Å². The maximum atomic E-state index is 12.6. The van der Waals surface area contributed by atoms with Gasteiger partial charge in [-0.15, -0.1) is 0 Å². The summed E-state index contributed by atoms with van der Waals surface area (Å²) < 4.78 is 5.38. The second kappa shape index (κ2) is 9.73. The minimum atomic E-state index is -0.277. The Balaban J connectivity index is 1.99. The van der Waals surface area contributed by atoms with Gasteiger partial charge in [-0.2, -0.15) is 0 Å². The van der Waals surface area contributed by atoms with Gasteiger partial charge in [-0.25, -0.2) is 9.97 Å². The van der Waals surface area contributed by atoms with Crippen LogP contribution in [0.2, 0.25) is 0 Å². The summed E-state index contributed by atoms with van der Waals surface area (Å²) in [5.74, 6) is 2.13. The number of carbonyl (C=O) groups is 1. The van der Waals surface area contributed by atoms with Gasteiger partial charge in [0.05, 0.1) is 24.5 Å². The molecular weight excluding hydrogens is 380 g/mol. The summed E-state index contributed by atoms with van der Waals surface area (Å²) in [6.07, 6.45) is 4.17. The van der Waals surface area contributed by atoms with Crippen LogP contribution in [0.3, 0.4) is 0 Å². The van der Waals surface area contributed by atoms with Gasteiger partial charge in [-0.3, -0.25) is 9.79 Å². The normalized spacial score (nSPS) is 19.7.